The van der Waals surface area contributed by atoms with Crippen LogP contribution in [0.2, 0.25) is 0 Å². The van der Waals surface area contributed by atoms with Crippen LogP contribution in [-0.2, 0) is 4.74 Å². The van der Waals surface area contributed by atoms with Crippen LogP contribution in [0, 0.1) is 5.92 Å². The molecule has 3 nitrogen and oxygen atoms in total. The number of rotatable bonds is 4. The molecular weight excluding hydrogens is 248 g/mol. The van der Waals surface area contributed by atoms with Crippen molar-refractivity contribution in [1.82, 2.24) is 10.2 Å². The monoisotopic (exact) mass is 274 g/mol. The largest absolute Gasteiger partial charge is 0.373 e. The van der Waals surface area contributed by atoms with Gasteiger partial charge in [-0.3, -0.25) is 0 Å². The van der Waals surface area contributed by atoms with Crippen molar-refractivity contribution >= 4 is 0 Å². The molecule has 0 spiro atoms. The Labute approximate surface area is 122 Å². The lowest BCUT2D eigenvalue weighted by molar-refractivity contribution is 0.0888. The summed E-state index contributed by atoms with van der Waals surface area (Å²) in [4.78, 5) is 2.42. The fraction of sp³-hybridized carbons (Fsp3) is 0.647. The lowest BCUT2D eigenvalue weighted by Crippen LogP contribution is -2.42. The van der Waals surface area contributed by atoms with Gasteiger partial charge in [-0.2, -0.15) is 0 Å². The number of piperidine rings is 1. The first-order valence-corrected chi connectivity index (χ1v) is 7.91. The molecule has 2 aliphatic heterocycles. The van der Waals surface area contributed by atoms with E-state index in [0.717, 1.165) is 13.2 Å². The fourth-order valence-electron chi connectivity index (χ4n) is 3.38. The van der Waals surface area contributed by atoms with E-state index in [2.05, 4.69) is 47.6 Å². The number of likely N-dealkylation sites (tertiary alicyclic amines) is 1. The highest BCUT2D eigenvalue weighted by molar-refractivity contribution is 5.19. The van der Waals surface area contributed by atoms with Gasteiger partial charge in [-0.05, 0) is 45.0 Å². The molecular formula is C17H26N2O. The minimum absolute atomic E-state index is 0.287. The summed E-state index contributed by atoms with van der Waals surface area (Å²) in [6, 6.07) is 11.4. The molecule has 2 heterocycles. The minimum Gasteiger partial charge on any atom is -0.373 e. The van der Waals surface area contributed by atoms with E-state index in [1.165, 1.54) is 37.9 Å². The van der Waals surface area contributed by atoms with Crippen molar-refractivity contribution in [2.45, 2.75) is 31.4 Å². The molecule has 0 saturated carbocycles. The Bertz CT molecular complexity index is 401. The van der Waals surface area contributed by atoms with Crippen LogP contribution in [0.15, 0.2) is 30.3 Å². The molecule has 0 radical (unpaired) electrons. The molecule has 1 aromatic carbocycles. The summed E-state index contributed by atoms with van der Waals surface area (Å²) in [6.45, 7) is 4.44. The van der Waals surface area contributed by atoms with Crippen molar-refractivity contribution in [2.75, 3.05) is 33.3 Å². The third-order valence-electron chi connectivity index (χ3n) is 4.73. The van der Waals surface area contributed by atoms with E-state index in [1.807, 2.05) is 0 Å². The first kappa shape index (κ1) is 14.1. The summed E-state index contributed by atoms with van der Waals surface area (Å²) in [5.41, 5.74) is 1.33. The highest BCUT2D eigenvalue weighted by atomic mass is 16.5. The van der Waals surface area contributed by atoms with Crippen molar-refractivity contribution in [3.8, 4) is 0 Å². The second kappa shape index (κ2) is 6.70. The Morgan fingerprint density at radius 3 is 2.65 bits per heavy atom. The molecule has 0 aromatic heterocycles. The third-order valence-corrected chi connectivity index (χ3v) is 4.73. The van der Waals surface area contributed by atoms with Crippen LogP contribution in [0.4, 0.5) is 0 Å². The average Bonchev–Trinajstić information content (AvgIpc) is 2.96. The highest BCUT2D eigenvalue weighted by Crippen LogP contribution is 2.34. The van der Waals surface area contributed by atoms with Crippen molar-refractivity contribution < 1.29 is 4.74 Å². The third kappa shape index (κ3) is 3.40. The van der Waals surface area contributed by atoms with Crippen molar-refractivity contribution in [3.05, 3.63) is 35.9 Å². The second-order valence-corrected chi connectivity index (χ2v) is 6.24. The molecule has 3 rings (SSSR count). The molecule has 0 aliphatic carbocycles. The predicted molar refractivity (Wildman–Crippen MR) is 81.8 cm³/mol. The van der Waals surface area contributed by atoms with Crippen LogP contribution in [0.25, 0.3) is 0 Å². The van der Waals surface area contributed by atoms with Crippen molar-refractivity contribution in [2.24, 2.45) is 5.92 Å². The maximum absolute atomic E-state index is 5.96. The predicted octanol–water partition coefficient (Wildman–Crippen LogP) is 2.45. The van der Waals surface area contributed by atoms with Crippen LogP contribution < -0.4 is 5.32 Å². The van der Waals surface area contributed by atoms with Crippen molar-refractivity contribution in [3.63, 3.8) is 0 Å². The Morgan fingerprint density at radius 1 is 1.15 bits per heavy atom. The number of hydrogen-bond donors (Lipinski definition) is 1. The van der Waals surface area contributed by atoms with Gasteiger partial charge in [0.1, 0.15) is 0 Å². The van der Waals surface area contributed by atoms with E-state index in [9.17, 15) is 0 Å². The smallest absolute Gasteiger partial charge is 0.0866 e. The molecule has 2 aliphatic rings. The van der Waals surface area contributed by atoms with Crippen LogP contribution >= 0.6 is 0 Å². The van der Waals surface area contributed by atoms with Gasteiger partial charge in [0.05, 0.1) is 6.10 Å². The summed E-state index contributed by atoms with van der Waals surface area (Å²) in [6.07, 6.45) is 4.02. The topological polar surface area (TPSA) is 24.5 Å². The van der Waals surface area contributed by atoms with Gasteiger partial charge in [0, 0.05) is 25.1 Å². The number of nitrogens with zero attached hydrogens (tertiary/aromatic N) is 1. The van der Waals surface area contributed by atoms with Gasteiger partial charge in [-0.15, -0.1) is 0 Å². The van der Waals surface area contributed by atoms with Gasteiger partial charge in [0.25, 0.3) is 0 Å². The summed E-state index contributed by atoms with van der Waals surface area (Å²) < 4.78 is 5.96. The summed E-state index contributed by atoms with van der Waals surface area (Å²) in [7, 11) is 2.21. The van der Waals surface area contributed by atoms with Crippen LogP contribution in [0.1, 0.15) is 30.9 Å². The summed E-state index contributed by atoms with van der Waals surface area (Å²) >= 11 is 0. The van der Waals surface area contributed by atoms with E-state index in [-0.39, 0.29) is 6.10 Å². The molecule has 110 valence electrons. The maximum atomic E-state index is 5.96. The molecule has 2 saturated heterocycles. The molecule has 2 atom stereocenters. The van der Waals surface area contributed by atoms with E-state index in [1.54, 1.807) is 0 Å². The number of hydrogen-bond acceptors (Lipinski definition) is 3. The van der Waals surface area contributed by atoms with Crippen LogP contribution in [0.3, 0.4) is 0 Å². The Balaban J connectivity index is 1.52. The second-order valence-electron chi connectivity index (χ2n) is 6.24. The first-order chi connectivity index (χ1) is 9.83. The van der Waals surface area contributed by atoms with Gasteiger partial charge in [-0.25, -0.2) is 0 Å². The Kier molecular flexibility index (Phi) is 4.71. The first-order valence-electron chi connectivity index (χ1n) is 7.91. The zero-order valence-electron chi connectivity index (χ0n) is 12.4. The van der Waals surface area contributed by atoms with E-state index < -0.39 is 0 Å². The van der Waals surface area contributed by atoms with Gasteiger partial charge < -0.3 is 15.0 Å². The summed E-state index contributed by atoms with van der Waals surface area (Å²) in [5, 5.41) is 3.78. The van der Waals surface area contributed by atoms with Gasteiger partial charge in [0.15, 0.2) is 0 Å². The van der Waals surface area contributed by atoms with E-state index in [4.69, 9.17) is 4.74 Å². The van der Waals surface area contributed by atoms with E-state index >= 15 is 0 Å². The molecule has 20 heavy (non-hydrogen) atoms. The minimum atomic E-state index is 0.287. The Morgan fingerprint density at radius 2 is 1.90 bits per heavy atom. The number of nitrogens with one attached hydrogen (secondary N) is 1. The normalized spacial score (nSPS) is 28.9. The average molecular weight is 274 g/mol. The lowest BCUT2D eigenvalue weighted by Gasteiger charge is -2.31. The number of benzene rings is 1. The Hall–Kier alpha value is -0.900. The lowest BCUT2D eigenvalue weighted by atomic mass is 9.94. The number of ether oxygens (including phenoxy) is 1. The molecule has 2 fully saturated rings. The molecule has 0 bridgehead atoms. The molecule has 0 amide bonds. The van der Waals surface area contributed by atoms with E-state index in [0.29, 0.717) is 12.0 Å². The molecule has 1 aromatic rings. The molecule has 0 unspecified atom stereocenters. The summed E-state index contributed by atoms with van der Waals surface area (Å²) in [5.74, 6) is 0.622. The van der Waals surface area contributed by atoms with Gasteiger partial charge >= 0.3 is 0 Å². The SMILES string of the molecule is CN1CCC(NC[C@H]2CCO[C@@H]2c2ccccc2)CC1. The zero-order valence-corrected chi connectivity index (χ0v) is 12.4. The van der Waals surface area contributed by atoms with Crippen LogP contribution in [0.5, 0.6) is 0 Å². The quantitative estimate of drug-likeness (QED) is 0.913. The molecule has 1 N–H and O–H groups in total. The zero-order chi connectivity index (χ0) is 13.8. The van der Waals surface area contributed by atoms with Gasteiger partial charge in [-0.1, -0.05) is 30.3 Å². The maximum Gasteiger partial charge on any atom is 0.0866 e. The van der Waals surface area contributed by atoms with Crippen molar-refractivity contribution in [1.29, 1.82) is 0 Å². The fourth-order valence-corrected chi connectivity index (χ4v) is 3.38. The van der Waals surface area contributed by atoms with Crippen LogP contribution in [-0.4, -0.2) is 44.2 Å². The molecule has 3 heteroatoms. The van der Waals surface area contributed by atoms with Gasteiger partial charge in [0.2, 0.25) is 0 Å². The highest BCUT2D eigenvalue weighted by Gasteiger charge is 2.30. The standard InChI is InChI=1S/C17H26N2O/c1-19-10-7-16(8-11-19)18-13-15-9-12-20-17(15)14-5-3-2-4-6-14/h2-6,15-18H,7-13H2,1H3/t15-,17-/m1/s1.